The van der Waals surface area contributed by atoms with E-state index in [0.717, 1.165) is 27.8 Å². The van der Waals surface area contributed by atoms with Crippen LogP contribution in [-0.2, 0) is 11.2 Å². The number of carboxylic acid groups (broad SMARTS) is 1. The molecular formula is C19H21N3O2. The molecule has 0 unspecified atom stereocenters. The van der Waals surface area contributed by atoms with Crippen LogP contribution in [0.25, 0.3) is 11.0 Å². The first-order chi connectivity index (χ1) is 11.4. The molecule has 0 radical (unpaired) electrons. The standard InChI is InChI=1S/C19H21N3O2/c1-11(2)13-4-6-15(7-5-13)20-19-21-16-8-12(3)14(10-18(23)24)9-17(16)22-19/h4-9,11H,10H2,1-3H3,(H,23,24)(H2,20,21,22). The minimum absolute atomic E-state index is 0.00800. The molecular weight excluding hydrogens is 302 g/mol. The first-order valence-corrected chi connectivity index (χ1v) is 8.00. The Morgan fingerprint density at radius 1 is 1.25 bits per heavy atom. The number of nitrogens with zero attached hydrogens (tertiary/aromatic N) is 1. The molecule has 0 bridgehead atoms. The van der Waals surface area contributed by atoms with Crippen molar-refractivity contribution >= 4 is 28.6 Å². The van der Waals surface area contributed by atoms with Crippen molar-refractivity contribution in [2.24, 2.45) is 0 Å². The molecule has 5 heteroatoms. The number of carbonyl (C=O) groups is 1. The predicted octanol–water partition coefficient (Wildman–Crippen LogP) is 4.37. The third-order valence-electron chi connectivity index (χ3n) is 4.12. The SMILES string of the molecule is Cc1cc2[nH]c(Nc3ccc(C(C)C)cc3)nc2cc1CC(=O)O. The summed E-state index contributed by atoms with van der Waals surface area (Å²) in [4.78, 5) is 18.7. The molecule has 1 aromatic heterocycles. The quantitative estimate of drug-likeness (QED) is 0.651. The van der Waals surface area contributed by atoms with Gasteiger partial charge in [-0.1, -0.05) is 26.0 Å². The van der Waals surface area contributed by atoms with Crippen LogP contribution in [0.15, 0.2) is 36.4 Å². The van der Waals surface area contributed by atoms with Gasteiger partial charge in [0.2, 0.25) is 5.95 Å². The van der Waals surface area contributed by atoms with E-state index in [2.05, 4.69) is 41.3 Å². The Balaban J connectivity index is 1.86. The monoisotopic (exact) mass is 323 g/mol. The van der Waals surface area contributed by atoms with Crippen LogP contribution >= 0.6 is 0 Å². The molecule has 24 heavy (non-hydrogen) atoms. The zero-order valence-corrected chi connectivity index (χ0v) is 14.1. The van der Waals surface area contributed by atoms with E-state index >= 15 is 0 Å². The molecule has 0 aliphatic heterocycles. The molecule has 0 spiro atoms. The van der Waals surface area contributed by atoms with Gasteiger partial charge in [0, 0.05) is 5.69 Å². The summed E-state index contributed by atoms with van der Waals surface area (Å²) in [7, 11) is 0. The average molecular weight is 323 g/mol. The highest BCUT2D eigenvalue weighted by molar-refractivity contribution is 5.82. The van der Waals surface area contributed by atoms with E-state index in [1.54, 1.807) is 0 Å². The summed E-state index contributed by atoms with van der Waals surface area (Å²) in [5.41, 5.74) is 5.64. The first-order valence-electron chi connectivity index (χ1n) is 8.00. The van der Waals surface area contributed by atoms with E-state index in [1.807, 2.05) is 31.2 Å². The number of carboxylic acids is 1. The molecule has 0 amide bonds. The Hall–Kier alpha value is -2.82. The van der Waals surface area contributed by atoms with Crippen molar-refractivity contribution in [3.05, 3.63) is 53.1 Å². The number of imidazole rings is 1. The van der Waals surface area contributed by atoms with E-state index in [4.69, 9.17) is 5.11 Å². The Morgan fingerprint density at radius 2 is 1.96 bits per heavy atom. The fraction of sp³-hybridized carbons (Fsp3) is 0.263. The molecule has 0 saturated carbocycles. The molecule has 2 aromatic carbocycles. The van der Waals surface area contributed by atoms with E-state index in [0.29, 0.717) is 11.9 Å². The number of H-pyrrole nitrogens is 1. The van der Waals surface area contributed by atoms with Gasteiger partial charge in [-0.3, -0.25) is 4.79 Å². The Kier molecular flexibility index (Phi) is 4.25. The summed E-state index contributed by atoms with van der Waals surface area (Å²) in [6.45, 7) is 6.24. The molecule has 0 atom stereocenters. The summed E-state index contributed by atoms with van der Waals surface area (Å²) in [5.74, 6) is 0.312. The molecule has 0 aliphatic rings. The maximum atomic E-state index is 10.9. The van der Waals surface area contributed by atoms with Gasteiger partial charge in [0.05, 0.1) is 17.5 Å². The summed E-state index contributed by atoms with van der Waals surface area (Å²) in [6, 6.07) is 12.0. The lowest BCUT2D eigenvalue weighted by molar-refractivity contribution is -0.136. The number of fused-ring (bicyclic) bond motifs is 1. The number of aliphatic carboxylic acids is 1. The zero-order valence-electron chi connectivity index (χ0n) is 14.1. The van der Waals surface area contributed by atoms with Crippen molar-refractivity contribution in [1.82, 2.24) is 9.97 Å². The lowest BCUT2D eigenvalue weighted by atomic mass is 10.0. The second kappa shape index (κ2) is 6.35. The second-order valence-electron chi connectivity index (χ2n) is 6.35. The van der Waals surface area contributed by atoms with Gasteiger partial charge in [-0.05, 0) is 53.8 Å². The predicted molar refractivity (Wildman–Crippen MR) is 96.0 cm³/mol. The number of rotatable bonds is 5. The number of aromatic nitrogens is 2. The fourth-order valence-electron chi connectivity index (χ4n) is 2.71. The molecule has 0 fully saturated rings. The molecule has 124 valence electrons. The largest absolute Gasteiger partial charge is 0.481 e. The van der Waals surface area contributed by atoms with Crippen LogP contribution in [0.5, 0.6) is 0 Å². The number of aromatic amines is 1. The Bertz CT molecular complexity index is 880. The van der Waals surface area contributed by atoms with Crippen LogP contribution in [0, 0.1) is 6.92 Å². The number of anilines is 2. The van der Waals surface area contributed by atoms with Crippen LogP contribution in [0.3, 0.4) is 0 Å². The number of hydrogen-bond donors (Lipinski definition) is 3. The summed E-state index contributed by atoms with van der Waals surface area (Å²) < 4.78 is 0. The maximum Gasteiger partial charge on any atom is 0.307 e. The van der Waals surface area contributed by atoms with Gasteiger partial charge < -0.3 is 15.4 Å². The van der Waals surface area contributed by atoms with Crippen molar-refractivity contribution in [1.29, 1.82) is 0 Å². The molecule has 0 aliphatic carbocycles. The normalized spacial score (nSPS) is 11.2. The lowest BCUT2D eigenvalue weighted by Crippen LogP contribution is -2.01. The lowest BCUT2D eigenvalue weighted by Gasteiger charge is -2.07. The minimum atomic E-state index is -0.837. The van der Waals surface area contributed by atoms with Crippen LogP contribution in [0.4, 0.5) is 11.6 Å². The topological polar surface area (TPSA) is 78.0 Å². The van der Waals surface area contributed by atoms with Crippen LogP contribution in [0.1, 0.15) is 36.5 Å². The van der Waals surface area contributed by atoms with Gasteiger partial charge in [-0.2, -0.15) is 0 Å². The van der Waals surface area contributed by atoms with Crippen LogP contribution in [0.2, 0.25) is 0 Å². The minimum Gasteiger partial charge on any atom is -0.481 e. The highest BCUT2D eigenvalue weighted by Gasteiger charge is 2.10. The van der Waals surface area contributed by atoms with Crippen molar-refractivity contribution in [2.45, 2.75) is 33.1 Å². The average Bonchev–Trinajstić information content (AvgIpc) is 2.88. The van der Waals surface area contributed by atoms with Gasteiger partial charge >= 0.3 is 5.97 Å². The smallest absolute Gasteiger partial charge is 0.307 e. The molecule has 0 saturated heterocycles. The molecule has 3 rings (SSSR count). The Morgan fingerprint density at radius 3 is 2.58 bits per heavy atom. The van der Waals surface area contributed by atoms with Gasteiger partial charge in [0.15, 0.2) is 0 Å². The maximum absolute atomic E-state index is 10.9. The van der Waals surface area contributed by atoms with E-state index < -0.39 is 5.97 Å². The van der Waals surface area contributed by atoms with Crippen molar-refractivity contribution in [3.63, 3.8) is 0 Å². The van der Waals surface area contributed by atoms with Crippen molar-refractivity contribution < 1.29 is 9.90 Å². The van der Waals surface area contributed by atoms with E-state index in [-0.39, 0.29) is 6.42 Å². The first kappa shape index (κ1) is 16.1. The molecule has 3 aromatic rings. The Labute approximate surface area is 140 Å². The van der Waals surface area contributed by atoms with Gasteiger partial charge in [0.1, 0.15) is 0 Å². The number of aryl methyl sites for hydroxylation is 1. The number of nitrogens with one attached hydrogen (secondary N) is 2. The summed E-state index contributed by atoms with van der Waals surface area (Å²) in [6.07, 6.45) is 0.00800. The fourth-order valence-corrected chi connectivity index (χ4v) is 2.71. The number of hydrogen-bond acceptors (Lipinski definition) is 3. The summed E-state index contributed by atoms with van der Waals surface area (Å²) in [5, 5.41) is 12.2. The molecule has 1 heterocycles. The van der Waals surface area contributed by atoms with Gasteiger partial charge in [0.25, 0.3) is 0 Å². The van der Waals surface area contributed by atoms with E-state index in [9.17, 15) is 4.79 Å². The molecule has 5 nitrogen and oxygen atoms in total. The number of benzene rings is 2. The van der Waals surface area contributed by atoms with Crippen LogP contribution in [-0.4, -0.2) is 21.0 Å². The van der Waals surface area contributed by atoms with Gasteiger partial charge in [-0.15, -0.1) is 0 Å². The molecule has 3 N–H and O–H groups in total. The second-order valence-corrected chi connectivity index (χ2v) is 6.35. The van der Waals surface area contributed by atoms with E-state index in [1.165, 1.54) is 5.56 Å². The highest BCUT2D eigenvalue weighted by Crippen LogP contribution is 2.23. The van der Waals surface area contributed by atoms with Crippen molar-refractivity contribution in [2.75, 3.05) is 5.32 Å². The van der Waals surface area contributed by atoms with Crippen LogP contribution < -0.4 is 5.32 Å². The van der Waals surface area contributed by atoms with Crippen molar-refractivity contribution in [3.8, 4) is 0 Å². The third kappa shape index (κ3) is 3.40. The van der Waals surface area contributed by atoms with Gasteiger partial charge in [-0.25, -0.2) is 4.98 Å². The highest BCUT2D eigenvalue weighted by atomic mass is 16.4. The third-order valence-corrected chi connectivity index (χ3v) is 4.12. The summed E-state index contributed by atoms with van der Waals surface area (Å²) >= 11 is 0. The zero-order chi connectivity index (χ0) is 17.3.